The Hall–Kier alpha value is -1.95. The highest BCUT2D eigenvalue weighted by Gasteiger charge is 2.36. The Morgan fingerprint density at radius 3 is 2.61 bits per heavy atom. The number of aryl methyl sites for hydroxylation is 1. The van der Waals surface area contributed by atoms with E-state index in [-0.39, 0.29) is 0 Å². The Bertz CT molecular complexity index is 631. The molecule has 1 aliphatic heterocycles. The topological polar surface area (TPSA) is 58.3 Å². The van der Waals surface area contributed by atoms with Gasteiger partial charge in [-0.2, -0.15) is 0 Å². The quantitative estimate of drug-likeness (QED) is 0.845. The molecule has 0 aromatic carbocycles. The molecule has 1 aliphatic carbocycles. The number of oxazole rings is 1. The molecule has 122 valence electrons. The Kier molecular flexibility index (Phi) is 3.99. The smallest absolute Gasteiger partial charge is 0.191 e. The van der Waals surface area contributed by atoms with Crippen molar-refractivity contribution in [3.8, 4) is 0 Å². The van der Waals surface area contributed by atoms with Crippen molar-refractivity contribution in [1.29, 1.82) is 0 Å². The zero-order valence-corrected chi connectivity index (χ0v) is 13.6. The van der Waals surface area contributed by atoms with Gasteiger partial charge in [0, 0.05) is 44.8 Å². The summed E-state index contributed by atoms with van der Waals surface area (Å²) < 4.78 is 5.30. The molecule has 0 N–H and O–H groups in total. The molecule has 2 fully saturated rings. The number of rotatable bonds is 5. The second-order valence-corrected chi connectivity index (χ2v) is 6.57. The maximum atomic E-state index is 5.30. The van der Waals surface area contributed by atoms with E-state index in [1.807, 2.05) is 19.2 Å². The van der Waals surface area contributed by atoms with Gasteiger partial charge >= 0.3 is 0 Å². The zero-order valence-electron chi connectivity index (χ0n) is 13.6. The lowest BCUT2D eigenvalue weighted by molar-refractivity contribution is 0.198. The fraction of sp³-hybridized carbons (Fsp3) is 0.588. The summed E-state index contributed by atoms with van der Waals surface area (Å²) >= 11 is 0. The van der Waals surface area contributed by atoms with Crippen molar-refractivity contribution in [3.63, 3.8) is 0 Å². The monoisotopic (exact) mass is 313 g/mol. The minimum absolute atomic E-state index is 0.590. The number of nitrogens with zero attached hydrogens (tertiary/aromatic N) is 5. The second kappa shape index (κ2) is 6.28. The molecule has 6 heteroatoms. The lowest BCUT2D eigenvalue weighted by Gasteiger charge is -2.39. The molecule has 2 aliphatic rings. The molecule has 2 aromatic heterocycles. The van der Waals surface area contributed by atoms with Crippen molar-refractivity contribution < 1.29 is 4.42 Å². The number of likely N-dealkylation sites (tertiary alicyclic amines) is 1. The maximum absolute atomic E-state index is 5.30. The number of hydrogen-bond donors (Lipinski definition) is 0. The van der Waals surface area contributed by atoms with E-state index < -0.39 is 0 Å². The summed E-state index contributed by atoms with van der Waals surface area (Å²) in [7, 11) is 0. The first-order chi connectivity index (χ1) is 11.3. The van der Waals surface area contributed by atoms with E-state index in [4.69, 9.17) is 4.42 Å². The van der Waals surface area contributed by atoms with Crippen LogP contribution in [0.15, 0.2) is 29.3 Å². The molecule has 0 unspecified atom stereocenters. The fourth-order valence-corrected chi connectivity index (χ4v) is 3.53. The van der Waals surface area contributed by atoms with Crippen LogP contribution in [0.3, 0.4) is 0 Å². The van der Waals surface area contributed by atoms with Gasteiger partial charge in [-0.25, -0.2) is 15.0 Å². The van der Waals surface area contributed by atoms with Gasteiger partial charge in [-0.15, -0.1) is 0 Å². The minimum Gasteiger partial charge on any atom is -0.449 e. The molecule has 0 amide bonds. The van der Waals surface area contributed by atoms with Crippen LogP contribution in [0.4, 0.5) is 5.82 Å². The van der Waals surface area contributed by atoms with Crippen molar-refractivity contribution in [1.82, 2.24) is 19.9 Å². The van der Waals surface area contributed by atoms with Gasteiger partial charge in [0.25, 0.3) is 0 Å². The van der Waals surface area contributed by atoms with Crippen LogP contribution >= 0.6 is 0 Å². The Morgan fingerprint density at radius 1 is 1.22 bits per heavy atom. The first kappa shape index (κ1) is 14.6. The van der Waals surface area contributed by atoms with E-state index in [0.717, 1.165) is 37.0 Å². The van der Waals surface area contributed by atoms with Crippen LogP contribution in [0.5, 0.6) is 0 Å². The van der Waals surface area contributed by atoms with Crippen LogP contribution in [0, 0.1) is 6.92 Å². The zero-order chi connectivity index (χ0) is 15.6. The predicted molar refractivity (Wildman–Crippen MR) is 87.1 cm³/mol. The molecule has 2 aromatic rings. The molecule has 0 bridgehead atoms. The molecule has 1 saturated carbocycles. The van der Waals surface area contributed by atoms with Crippen molar-refractivity contribution >= 4 is 5.82 Å². The molecule has 0 spiro atoms. The van der Waals surface area contributed by atoms with E-state index in [0.29, 0.717) is 12.1 Å². The SMILES string of the molecule is Cc1nc(CN2CCC(N(c3ccncn3)C3CC3)CC2)co1. The number of anilines is 1. The Balaban J connectivity index is 1.38. The van der Waals surface area contributed by atoms with Crippen LogP contribution in [0.2, 0.25) is 0 Å². The van der Waals surface area contributed by atoms with E-state index >= 15 is 0 Å². The van der Waals surface area contributed by atoms with E-state index in [1.54, 1.807) is 12.6 Å². The normalized spacial score (nSPS) is 19.9. The Labute approximate surface area is 136 Å². The molecule has 3 heterocycles. The van der Waals surface area contributed by atoms with Gasteiger partial charge in [-0.1, -0.05) is 0 Å². The molecule has 0 atom stereocenters. The van der Waals surface area contributed by atoms with Gasteiger partial charge in [-0.05, 0) is 31.7 Å². The summed E-state index contributed by atoms with van der Waals surface area (Å²) in [6, 6.07) is 3.32. The number of hydrogen-bond acceptors (Lipinski definition) is 6. The molecule has 1 saturated heterocycles. The lowest BCUT2D eigenvalue weighted by atomic mass is 10.0. The second-order valence-electron chi connectivity index (χ2n) is 6.57. The van der Waals surface area contributed by atoms with Crippen LogP contribution in [-0.4, -0.2) is 45.0 Å². The fourth-order valence-electron chi connectivity index (χ4n) is 3.53. The lowest BCUT2D eigenvalue weighted by Crippen LogP contribution is -2.46. The van der Waals surface area contributed by atoms with Crippen molar-refractivity contribution in [2.75, 3.05) is 18.0 Å². The highest BCUT2D eigenvalue weighted by Crippen LogP contribution is 2.35. The average Bonchev–Trinajstić information content (AvgIpc) is 3.33. The largest absolute Gasteiger partial charge is 0.449 e. The number of aromatic nitrogens is 3. The van der Waals surface area contributed by atoms with Gasteiger partial charge in [0.1, 0.15) is 18.4 Å². The van der Waals surface area contributed by atoms with Crippen LogP contribution in [-0.2, 0) is 6.54 Å². The summed E-state index contributed by atoms with van der Waals surface area (Å²) in [4.78, 5) is 18.0. The van der Waals surface area contributed by atoms with Crippen LogP contribution < -0.4 is 4.90 Å². The van der Waals surface area contributed by atoms with Gasteiger partial charge in [0.15, 0.2) is 5.89 Å². The van der Waals surface area contributed by atoms with Crippen molar-refractivity contribution in [3.05, 3.63) is 36.4 Å². The highest BCUT2D eigenvalue weighted by molar-refractivity contribution is 5.41. The predicted octanol–water partition coefficient (Wildman–Crippen LogP) is 2.41. The molecular weight excluding hydrogens is 290 g/mol. The third kappa shape index (κ3) is 3.37. The van der Waals surface area contributed by atoms with Crippen molar-refractivity contribution in [2.24, 2.45) is 0 Å². The summed E-state index contributed by atoms with van der Waals surface area (Å²) in [6.07, 6.45) is 10.2. The molecule has 0 radical (unpaired) electrons. The molecule has 4 rings (SSSR count). The minimum atomic E-state index is 0.590. The summed E-state index contributed by atoms with van der Waals surface area (Å²) in [5, 5.41) is 0. The first-order valence-electron chi connectivity index (χ1n) is 8.47. The number of piperidine rings is 1. The summed E-state index contributed by atoms with van der Waals surface area (Å²) in [6.45, 7) is 4.99. The third-order valence-corrected chi connectivity index (χ3v) is 4.77. The maximum Gasteiger partial charge on any atom is 0.191 e. The summed E-state index contributed by atoms with van der Waals surface area (Å²) in [5.41, 5.74) is 1.04. The Morgan fingerprint density at radius 2 is 2.00 bits per heavy atom. The molecule has 23 heavy (non-hydrogen) atoms. The first-order valence-corrected chi connectivity index (χ1v) is 8.47. The molecule has 6 nitrogen and oxygen atoms in total. The van der Waals surface area contributed by atoms with E-state index in [2.05, 4.69) is 24.8 Å². The summed E-state index contributed by atoms with van der Waals surface area (Å²) in [5.74, 6) is 1.84. The van der Waals surface area contributed by atoms with Crippen LogP contribution in [0.1, 0.15) is 37.3 Å². The van der Waals surface area contributed by atoms with Gasteiger partial charge in [0.05, 0.1) is 5.69 Å². The highest BCUT2D eigenvalue weighted by atomic mass is 16.3. The third-order valence-electron chi connectivity index (χ3n) is 4.77. The molecular formula is C17H23N5O. The standard InChI is InChI=1S/C17H23N5O/c1-13-20-14(11-23-13)10-21-8-5-16(6-9-21)22(15-2-3-15)17-4-7-18-12-19-17/h4,7,11-12,15-16H,2-3,5-6,8-10H2,1H3. The van der Waals surface area contributed by atoms with Crippen LogP contribution in [0.25, 0.3) is 0 Å². The van der Waals surface area contributed by atoms with Gasteiger partial charge in [-0.3, -0.25) is 4.90 Å². The van der Waals surface area contributed by atoms with Gasteiger partial charge < -0.3 is 9.32 Å². The van der Waals surface area contributed by atoms with Gasteiger partial charge in [0.2, 0.25) is 0 Å². The average molecular weight is 313 g/mol. The van der Waals surface area contributed by atoms with Crippen molar-refractivity contribution in [2.45, 2.75) is 51.2 Å². The van der Waals surface area contributed by atoms with E-state index in [1.165, 1.54) is 25.7 Å². The van der Waals surface area contributed by atoms with E-state index in [9.17, 15) is 0 Å².